The van der Waals surface area contributed by atoms with E-state index in [0.29, 0.717) is 5.69 Å². The minimum absolute atomic E-state index is 0.222. The van der Waals surface area contributed by atoms with E-state index in [2.05, 4.69) is 30.7 Å². The normalized spacial score (nSPS) is 11.2. The molecule has 1 amide bonds. The molecule has 3 rings (SSSR count). The minimum Gasteiger partial charge on any atom is -0.288 e. The molecule has 102 valence electrons. The van der Waals surface area contributed by atoms with Gasteiger partial charge >= 0.3 is 0 Å². The molecule has 2 heterocycles. The zero-order valence-corrected chi connectivity index (χ0v) is 11.1. The van der Waals surface area contributed by atoms with Crippen molar-refractivity contribution in [2.24, 2.45) is 0 Å². The summed E-state index contributed by atoms with van der Waals surface area (Å²) >= 11 is 0. The van der Waals surface area contributed by atoms with Crippen LogP contribution in [0.15, 0.2) is 24.3 Å². The fourth-order valence-corrected chi connectivity index (χ4v) is 1.89. The number of rotatable bonds is 3. The van der Waals surface area contributed by atoms with Crippen molar-refractivity contribution in [3.63, 3.8) is 0 Å². The van der Waals surface area contributed by atoms with Crippen molar-refractivity contribution in [1.82, 2.24) is 25.4 Å². The molecule has 0 fully saturated rings. The van der Waals surface area contributed by atoms with E-state index in [1.54, 1.807) is 0 Å². The lowest BCUT2D eigenvalue weighted by atomic mass is 10.2. The Bertz CT molecular complexity index is 757. The van der Waals surface area contributed by atoms with Gasteiger partial charge < -0.3 is 0 Å². The monoisotopic (exact) mass is 270 g/mol. The summed E-state index contributed by atoms with van der Waals surface area (Å²) < 4.78 is 0. The summed E-state index contributed by atoms with van der Waals surface area (Å²) in [6, 6.07) is 7.44. The molecule has 3 N–H and O–H groups in total. The van der Waals surface area contributed by atoms with Crippen LogP contribution in [-0.2, 0) is 0 Å². The fourth-order valence-electron chi connectivity index (χ4n) is 1.89. The lowest BCUT2D eigenvalue weighted by Gasteiger charge is -1.98. The Labute approximate surface area is 114 Å². The number of anilines is 1. The van der Waals surface area contributed by atoms with E-state index in [4.69, 9.17) is 0 Å². The third-order valence-corrected chi connectivity index (χ3v) is 2.96. The molecule has 20 heavy (non-hydrogen) atoms. The smallest absolute Gasteiger partial charge is 0.279 e. The van der Waals surface area contributed by atoms with Crippen molar-refractivity contribution in [2.75, 3.05) is 5.32 Å². The molecule has 7 heteroatoms. The van der Waals surface area contributed by atoms with Gasteiger partial charge in [0.1, 0.15) is 5.82 Å². The second-order valence-corrected chi connectivity index (χ2v) is 4.77. The molecule has 0 aliphatic heterocycles. The molecular formula is C13H14N6O. The van der Waals surface area contributed by atoms with Crippen LogP contribution in [0, 0.1) is 0 Å². The number of para-hydroxylation sites is 1. The maximum absolute atomic E-state index is 12.2. The van der Waals surface area contributed by atoms with E-state index < -0.39 is 0 Å². The zero-order chi connectivity index (χ0) is 14.1. The number of hydrogen-bond acceptors (Lipinski definition) is 4. The largest absolute Gasteiger partial charge is 0.288 e. The van der Waals surface area contributed by atoms with Gasteiger partial charge in [0.15, 0.2) is 5.69 Å². The summed E-state index contributed by atoms with van der Waals surface area (Å²) in [5, 5.41) is 17.0. The minimum atomic E-state index is -0.336. The summed E-state index contributed by atoms with van der Waals surface area (Å²) in [4.78, 5) is 16.4. The van der Waals surface area contributed by atoms with E-state index in [1.165, 1.54) is 0 Å². The Hall–Kier alpha value is -2.70. The van der Waals surface area contributed by atoms with E-state index in [-0.39, 0.29) is 17.8 Å². The van der Waals surface area contributed by atoms with Crippen molar-refractivity contribution in [3.05, 3.63) is 35.8 Å². The lowest BCUT2D eigenvalue weighted by Crippen LogP contribution is -2.14. The van der Waals surface area contributed by atoms with Crippen LogP contribution in [0.2, 0.25) is 0 Å². The summed E-state index contributed by atoms with van der Waals surface area (Å²) in [7, 11) is 0. The van der Waals surface area contributed by atoms with Crippen molar-refractivity contribution in [2.45, 2.75) is 19.8 Å². The number of carbonyl (C=O) groups excluding carboxylic acids is 1. The Balaban J connectivity index is 1.85. The molecule has 7 nitrogen and oxygen atoms in total. The van der Waals surface area contributed by atoms with Gasteiger partial charge in [-0.05, 0) is 6.07 Å². The van der Waals surface area contributed by atoms with Crippen LogP contribution in [0.1, 0.15) is 36.1 Å². The maximum Gasteiger partial charge on any atom is 0.279 e. The number of H-pyrrole nitrogens is 2. The number of nitrogens with one attached hydrogen (secondary N) is 3. The Kier molecular flexibility index (Phi) is 2.94. The molecule has 0 spiro atoms. The highest BCUT2D eigenvalue weighted by molar-refractivity contribution is 6.10. The van der Waals surface area contributed by atoms with Gasteiger partial charge in [-0.1, -0.05) is 32.0 Å². The second kappa shape index (κ2) is 4.76. The van der Waals surface area contributed by atoms with Gasteiger partial charge in [0.2, 0.25) is 5.95 Å². The third-order valence-electron chi connectivity index (χ3n) is 2.96. The van der Waals surface area contributed by atoms with Crippen LogP contribution < -0.4 is 5.32 Å². The topological polar surface area (TPSA) is 99.3 Å². The summed E-state index contributed by atoms with van der Waals surface area (Å²) in [6.45, 7) is 3.99. The number of aromatic amines is 2. The molecule has 0 aliphatic carbocycles. The number of amides is 1. The summed E-state index contributed by atoms with van der Waals surface area (Å²) in [6.07, 6.45) is 0. The number of nitrogens with zero attached hydrogens (tertiary/aromatic N) is 3. The third kappa shape index (κ3) is 2.13. The van der Waals surface area contributed by atoms with Crippen LogP contribution in [0.3, 0.4) is 0 Å². The molecule has 0 bridgehead atoms. The van der Waals surface area contributed by atoms with E-state index in [1.807, 2.05) is 38.1 Å². The number of fused-ring (bicyclic) bond motifs is 1. The average molecular weight is 270 g/mol. The predicted octanol–water partition coefficient (Wildman–Crippen LogP) is 2.06. The van der Waals surface area contributed by atoms with Crippen molar-refractivity contribution in [3.8, 4) is 0 Å². The Morgan fingerprint density at radius 2 is 2.00 bits per heavy atom. The molecule has 3 aromatic rings. The zero-order valence-electron chi connectivity index (χ0n) is 11.1. The second-order valence-electron chi connectivity index (χ2n) is 4.77. The molecular weight excluding hydrogens is 256 g/mol. The van der Waals surface area contributed by atoms with Crippen LogP contribution in [0.4, 0.5) is 5.95 Å². The first-order valence-corrected chi connectivity index (χ1v) is 6.32. The SMILES string of the molecule is CC(C)c1nc(NC(=O)c2n[nH]c3ccccc23)n[nH]1. The fraction of sp³-hybridized carbons (Fsp3) is 0.231. The van der Waals surface area contributed by atoms with Crippen molar-refractivity contribution >= 4 is 22.8 Å². The van der Waals surface area contributed by atoms with Gasteiger partial charge in [0.25, 0.3) is 5.91 Å². The van der Waals surface area contributed by atoms with Crippen molar-refractivity contribution < 1.29 is 4.79 Å². The Morgan fingerprint density at radius 3 is 2.75 bits per heavy atom. The van der Waals surface area contributed by atoms with E-state index >= 15 is 0 Å². The number of carbonyl (C=O) groups is 1. The molecule has 0 unspecified atom stereocenters. The van der Waals surface area contributed by atoms with Crippen molar-refractivity contribution in [1.29, 1.82) is 0 Å². The Morgan fingerprint density at radius 1 is 1.20 bits per heavy atom. The van der Waals surface area contributed by atoms with Crippen LogP contribution >= 0.6 is 0 Å². The van der Waals surface area contributed by atoms with E-state index in [9.17, 15) is 4.79 Å². The molecule has 0 radical (unpaired) electrons. The standard InChI is InChI=1S/C13H14N6O/c1-7(2)11-14-13(19-18-11)15-12(20)10-8-5-3-4-6-9(8)16-17-10/h3-7H,1-2H3,(H,16,17)(H2,14,15,18,19,20). The summed E-state index contributed by atoms with van der Waals surface area (Å²) in [5.41, 5.74) is 1.15. The quantitative estimate of drug-likeness (QED) is 0.678. The first kappa shape index (κ1) is 12.3. The highest BCUT2D eigenvalue weighted by atomic mass is 16.2. The summed E-state index contributed by atoms with van der Waals surface area (Å²) in [5.74, 6) is 0.870. The first-order chi connectivity index (χ1) is 9.65. The number of hydrogen-bond donors (Lipinski definition) is 3. The molecule has 0 aliphatic rings. The highest BCUT2D eigenvalue weighted by Gasteiger charge is 2.16. The molecule has 1 aromatic carbocycles. The molecule has 0 saturated carbocycles. The van der Waals surface area contributed by atoms with Gasteiger partial charge in [-0.25, -0.2) is 0 Å². The van der Waals surface area contributed by atoms with Gasteiger partial charge in [0.05, 0.1) is 5.52 Å². The molecule has 0 atom stereocenters. The average Bonchev–Trinajstić information content (AvgIpc) is 3.04. The van der Waals surface area contributed by atoms with Crippen LogP contribution in [0.5, 0.6) is 0 Å². The molecule has 2 aromatic heterocycles. The number of aromatic nitrogens is 5. The van der Waals surface area contributed by atoms with Crippen LogP contribution in [-0.4, -0.2) is 31.3 Å². The number of benzene rings is 1. The van der Waals surface area contributed by atoms with Gasteiger partial charge in [-0.2, -0.15) is 10.1 Å². The van der Waals surface area contributed by atoms with Crippen LogP contribution in [0.25, 0.3) is 10.9 Å². The van der Waals surface area contributed by atoms with Gasteiger partial charge in [-0.3, -0.25) is 20.3 Å². The highest BCUT2D eigenvalue weighted by Crippen LogP contribution is 2.16. The predicted molar refractivity (Wildman–Crippen MR) is 74.5 cm³/mol. The van der Waals surface area contributed by atoms with E-state index in [0.717, 1.165) is 16.7 Å². The maximum atomic E-state index is 12.2. The lowest BCUT2D eigenvalue weighted by molar-refractivity contribution is 0.102. The van der Waals surface area contributed by atoms with Gasteiger partial charge in [0, 0.05) is 11.3 Å². The first-order valence-electron chi connectivity index (χ1n) is 6.32. The molecule has 0 saturated heterocycles. The van der Waals surface area contributed by atoms with Gasteiger partial charge in [-0.15, -0.1) is 5.10 Å².